The Hall–Kier alpha value is -1.88. The van der Waals surface area contributed by atoms with Crippen LogP contribution in [0.2, 0.25) is 5.02 Å². The van der Waals surface area contributed by atoms with Crippen molar-refractivity contribution in [1.29, 1.82) is 0 Å². The van der Waals surface area contributed by atoms with Crippen molar-refractivity contribution in [2.75, 3.05) is 11.9 Å². The molecule has 0 aromatic heterocycles. The smallest absolute Gasteiger partial charge is 0.244 e. The quantitative estimate of drug-likeness (QED) is 0.864. The maximum atomic E-state index is 12.5. The maximum absolute atomic E-state index is 12.5. The molecule has 120 valence electrons. The summed E-state index contributed by atoms with van der Waals surface area (Å²) in [6, 6.07) is 6.78. The first kappa shape index (κ1) is 14.7. The van der Waals surface area contributed by atoms with Crippen LogP contribution in [-0.2, 0) is 14.4 Å². The fourth-order valence-corrected chi connectivity index (χ4v) is 4.73. The minimum Gasteiger partial charge on any atom is -0.324 e. The zero-order chi connectivity index (χ0) is 16.1. The van der Waals surface area contributed by atoms with Crippen LogP contribution in [-0.4, -0.2) is 29.2 Å². The van der Waals surface area contributed by atoms with Gasteiger partial charge in [-0.05, 0) is 49.3 Å². The second kappa shape index (κ2) is 5.34. The van der Waals surface area contributed by atoms with E-state index in [1.54, 1.807) is 24.3 Å². The van der Waals surface area contributed by atoms with Crippen molar-refractivity contribution in [1.82, 2.24) is 4.90 Å². The van der Waals surface area contributed by atoms with E-state index in [2.05, 4.69) is 5.32 Å². The number of amides is 3. The van der Waals surface area contributed by atoms with Crippen molar-refractivity contribution in [3.05, 3.63) is 29.3 Å². The number of imide groups is 1. The van der Waals surface area contributed by atoms with Gasteiger partial charge >= 0.3 is 0 Å². The van der Waals surface area contributed by atoms with Gasteiger partial charge in [0.1, 0.15) is 6.54 Å². The highest BCUT2D eigenvalue weighted by Gasteiger charge is 2.60. The highest BCUT2D eigenvalue weighted by atomic mass is 35.5. The molecule has 1 N–H and O–H groups in total. The number of fused-ring (bicyclic) bond motifs is 5. The first-order chi connectivity index (χ1) is 11.0. The van der Waals surface area contributed by atoms with Gasteiger partial charge in [0.15, 0.2) is 0 Å². The van der Waals surface area contributed by atoms with Crippen molar-refractivity contribution in [3.63, 3.8) is 0 Å². The summed E-state index contributed by atoms with van der Waals surface area (Å²) < 4.78 is 0. The van der Waals surface area contributed by atoms with E-state index in [1.807, 2.05) is 0 Å². The Morgan fingerprint density at radius 3 is 2.43 bits per heavy atom. The number of carbonyl (C=O) groups is 3. The third-order valence-corrected chi connectivity index (χ3v) is 5.66. The van der Waals surface area contributed by atoms with Crippen LogP contribution in [0.4, 0.5) is 5.69 Å². The van der Waals surface area contributed by atoms with Crippen LogP contribution >= 0.6 is 11.6 Å². The van der Waals surface area contributed by atoms with E-state index in [4.69, 9.17) is 11.6 Å². The lowest BCUT2D eigenvalue weighted by Crippen LogP contribution is -2.39. The Morgan fingerprint density at radius 2 is 1.83 bits per heavy atom. The molecule has 3 aliphatic rings. The molecule has 4 rings (SSSR count). The summed E-state index contributed by atoms with van der Waals surface area (Å²) in [5, 5.41) is 3.20. The molecule has 1 saturated heterocycles. The highest BCUT2D eigenvalue weighted by molar-refractivity contribution is 6.30. The molecule has 1 aliphatic heterocycles. The van der Waals surface area contributed by atoms with Crippen molar-refractivity contribution in [2.45, 2.75) is 19.3 Å². The van der Waals surface area contributed by atoms with Gasteiger partial charge in [0.2, 0.25) is 17.7 Å². The van der Waals surface area contributed by atoms with Crippen molar-refractivity contribution < 1.29 is 14.4 Å². The number of nitrogens with zero attached hydrogens (tertiary/aromatic N) is 1. The summed E-state index contributed by atoms with van der Waals surface area (Å²) in [5.41, 5.74) is 0.557. The van der Waals surface area contributed by atoms with Crippen molar-refractivity contribution >= 4 is 35.0 Å². The van der Waals surface area contributed by atoms with E-state index < -0.39 is 0 Å². The van der Waals surface area contributed by atoms with Gasteiger partial charge in [-0.1, -0.05) is 17.7 Å². The Labute approximate surface area is 139 Å². The van der Waals surface area contributed by atoms with Gasteiger partial charge in [0.05, 0.1) is 11.8 Å². The van der Waals surface area contributed by atoms with Gasteiger partial charge in [-0.25, -0.2) is 0 Å². The van der Waals surface area contributed by atoms with Crippen molar-refractivity contribution in [2.24, 2.45) is 23.7 Å². The van der Waals surface area contributed by atoms with Gasteiger partial charge in [0, 0.05) is 10.7 Å². The Balaban J connectivity index is 1.46. The minimum absolute atomic E-state index is 0.159. The topological polar surface area (TPSA) is 66.5 Å². The molecule has 4 atom stereocenters. The molecule has 1 aromatic carbocycles. The van der Waals surface area contributed by atoms with Gasteiger partial charge in [-0.2, -0.15) is 0 Å². The molecule has 3 fully saturated rings. The summed E-state index contributed by atoms with van der Waals surface area (Å²) in [5.74, 6) is -0.381. The van der Waals surface area contributed by atoms with Crippen LogP contribution in [0.5, 0.6) is 0 Å². The number of rotatable bonds is 3. The number of hydrogen-bond acceptors (Lipinski definition) is 3. The van der Waals surface area contributed by atoms with Crippen LogP contribution in [0, 0.1) is 23.7 Å². The first-order valence-electron chi connectivity index (χ1n) is 7.95. The summed E-state index contributed by atoms with van der Waals surface area (Å²) in [4.78, 5) is 38.4. The van der Waals surface area contributed by atoms with Gasteiger partial charge in [-0.15, -0.1) is 0 Å². The van der Waals surface area contributed by atoms with Crippen molar-refractivity contribution in [3.8, 4) is 0 Å². The number of carbonyl (C=O) groups excluding carboxylic acids is 3. The summed E-state index contributed by atoms with van der Waals surface area (Å²) in [6.07, 6.45) is 3.07. The fourth-order valence-electron chi connectivity index (χ4n) is 4.54. The zero-order valence-corrected chi connectivity index (χ0v) is 13.3. The van der Waals surface area contributed by atoms with E-state index in [0.29, 0.717) is 22.5 Å². The second-order valence-corrected chi connectivity index (χ2v) is 7.14. The molecule has 0 unspecified atom stereocenters. The number of benzene rings is 1. The standard InChI is InChI=1S/C17H17ClN2O3/c18-11-2-1-3-12(7-11)19-13(21)8-20-16(22)14-9-4-5-10(6-9)15(14)17(20)23/h1-3,7,9-10,14-15H,4-6,8H2,(H,19,21)/t9-,10+,14-,15-/m0/s1. The number of halogens is 1. The molecule has 1 heterocycles. The first-order valence-corrected chi connectivity index (χ1v) is 8.33. The fraction of sp³-hybridized carbons (Fsp3) is 0.471. The van der Waals surface area contributed by atoms with E-state index in [1.165, 1.54) is 0 Å². The van der Waals surface area contributed by atoms with Crippen LogP contribution in [0.3, 0.4) is 0 Å². The Bertz CT molecular complexity index is 677. The summed E-state index contributed by atoms with van der Waals surface area (Å²) in [6.45, 7) is -0.212. The predicted molar refractivity (Wildman–Crippen MR) is 84.6 cm³/mol. The molecule has 23 heavy (non-hydrogen) atoms. The Morgan fingerprint density at radius 1 is 1.17 bits per heavy atom. The molecule has 5 nitrogen and oxygen atoms in total. The molecule has 0 spiro atoms. The van der Waals surface area contributed by atoms with Crippen LogP contribution in [0.25, 0.3) is 0 Å². The third kappa shape index (κ3) is 2.34. The van der Waals surface area contributed by atoms with Crippen LogP contribution in [0.1, 0.15) is 19.3 Å². The Kier molecular flexibility index (Phi) is 3.41. The summed E-state index contributed by atoms with van der Waals surface area (Å²) >= 11 is 5.88. The average Bonchev–Trinajstić information content (AvgIpc) is 3.17. The SMILES string of the molecule is O=C(CN1C(=O)[C@H]2[C@@H]3CC[C@@H](C3)[C@@H]2C1=O)Nc1cccc(Cl)c1. The monoisotopic (exact) mass is 332 g/mol. The van der Waals surface area contributed by atoms with E-state index in [9.17, 15) is 14.4 Å². The lowest BCUT2D eigenvalue weighted by atomic mass is 9.81. The molecule has 0 radical (unpaired) electrons. The zero-order valence-electron chi connectivity index (χ0n) is 12.5. The molecule has 2 aliphatic carbocycles. The molecule has 2 bridgehead atoms. The molecular weight excluding hydrogens is 316 g/mol. The molecule has 6 heteroatoms. The average molecular weight is 333 g/mol. The maximum Gasteiger partial charge on any atom is 0.244 e. The summed E-state index contributed by atoms with van der Waals surface area (Å²) in [7, 11) is 0. The van der Waals surface area contributed by atoms with E-state index >= 15 is 0 Å². The number of likely N-dealkylation sites (tertiary alicyclic amines) is 1. The molecule has 1 aromatic rings. The van der Waals surface area contributed by atoms with E-state index in [0.717, 1.165) is 24.2 Å². The number of anilines is 1. The molecular formula is C17H17ClN2O3. The van der Waals surface area contributed by atoms with E-state index in [-0.39, 0.29) is 36.1 Å². The van der Waals surface area contributed by atoms with Gasteiger partial charge in [-0.3, -0.25) is 19.3 Å². The minimum atomic E-state index is -0.374. The third-order valence-electron chi connectivity index (χ3n) is 5.43. The highest BCUT2D eigenvalue weighted by Crippen LogP contribution is 2.56. The number of nitrogens with one attached hydrogen (secondary N) is 1. The number of hydrogen-bond donors (Lipinski definition) is 1. The largest absolute Gasteiger partial charge is 0.324 e. The second-order valence-electron chi connectivity index (χ2n) is 6.71. The lowest BCUT2D eigenvalue weighted by Gasteiger charge is -2.19. The predicted octanol–water partition coefficient (Wildman–Crippen LogP) is 2.31. The molecule has 3 amide bonds. The molecule has 2 saturated carbocycles. The van der Waals surface area contributed by atoms with Crippen LogP contribution in [0.15, 0.2) is 24.3 Å². The lowest BCUT2D eigenvalue weighted by molar-refractivity contribution is -0.143. The van der Waals surface area contributed by atoms with Gasteiger partial charge < -0.3 is 5.32 Å². The van der Waals surface area contributed by atoms with Gasteiger partial charge in [0.25, 0.3) is 0 Å². The van der Waals surface area contributed by atoms with Crippen LogP contribution < -0.4 is 5.32 Å². The normalized spacial score (nSPS) is 31.6.